The third kappa shape index (κ3) is 5.16. The Bertz CT molecular complexity index is 1200. The third-order valence-electron chi connectivity index (χ3n) is 5.01. The molecule has 0 atom stereocenters. The fourth-order valence-electron chi connectivity index (χ4n) is 3.40. The largest absolute Gasteiger partial charge is 0.495 e. The maximum absolute atomic E-state index is 12.7. The van der Waals surface area contributed by atoms with Crippen molar-refractivity contribution < 1.29 is 14.3 Å². The van der Waals surface area contributed by atoms with E-state index in [-0.39, 0.29) is 5.91 Å². The number of ether oxygens (including phenoxy) is 2. The molecule has 1 heterocycles. The van der Waals surface area contributed by atoms with Crippen molar-refractivity contribution in [3.05, 3.63) is 102 Å². The average molecular weight is 428 g/mol. The molecular weight excluding hydrogens is 402 g/mol. The Morgan fingerprint density at radius 3 is 2.56 bits per heavy atom. The predicted molar refractivity (Wildman–Crippen MR) is 124 cm³/mol. The zero-order valence-electron chi connectivity index (χ0n) is 18.1. The molecule has 0 saturated heterocycles. The first kappa shape index (κ1) is 21.2. The summed E-state index contributed by atoms with van der Waals surface area (Å²) >= 11 is 0. The number of aryl methyl sites for hydroxylation is 1. The number of carbonyl (C=O) groups is 1. The van der Waals surface area contributed by atoms with Crippen molar-refractivity contribution >= 4 is 5.91 Å². The minimum absolute atomic E-state index is 0.145. The molecule has 0 aliphatic heterocycles. The third-order valence-corrected chi connectivity index (χ3v) is 5.01. The van der Waals surface area contributed by atoms with E-state index < -0.39 is 0 Å². The van der Waals surface area contributed by atoms with Crippen LogP contribution in [-0.4, -0.2) is 29.1 Å². The summed E-state index contributed by atoms with van der Waals surface area (Å²) in [4.78, 5) is 16.9. The normalized spacial score (nSPS) is 10.6. The number of rotatable bonds is 8. The molecule has 6 heteroatoms. The van der Waals surface area contributed by atoms with Crippen molar-refractivity contribution in [1.29, 1.82) is 0 Å². The summed E-state index contributed by atoms with van der Waals surface area (Å²) in [7, 11) is 1.59. The standard InChI is InChI=1S/C26H25N3O3/c1-19-17-29(18-28-19)24-12-11-21(16-25(24)31-2)26(30)27-14-13-20-7-6-10-23(15-20)32-22-8-4-3-5-9-22/h3-12,15-18H,13-14H2,1-2H3,(H,27,30). The van der Waals surface area contributed by atoms with E-state index in [1.165, 1.54) is 0 Å². The highest BCUT2D eigenvalue weighted by molar-refractivity contribution is 5.95. The molecule has 3 aromatic carbocycles. The van der Waals surface area contributed by atoms with Crippen LogP contribution in [-0.2, 0) is 6.42 Å². The summed E-state index contributed by atoms with van der Waals surface area (Å²) < 4.78 is 13.3. The van der Waals surface area contributed by atoms with Crippen molar-refractivity contribution in [3.8, 4) is 22.9 Å². The van der Waals surface area contributed by atoms with Crippen molar-refractivity contribution in [3.63, 3.8) is 0 Å². The molecule has 0 aliphatic rings. The van der Waals surface area contributed by atoms with E-state index in [2.05, 4.69) is 10.3 Å². The Labute approximate surface area is 187 Å². The van der Waals surface area contributed by atoms with Gasteiger partial charge in [-0.2, -0.15) is 0 Å². The van der Waals surface area contributed by atoms with E-state index in [1.807, 2.05) is 78.4 Å². The molecule has 0 fully saturated rings. The lowest BCUT2D eigenvalue weighted by atomic mass is 10.1. The summed E-state index contributed by atoms with van der Waals surface area (Å²) in [5, 5.41) is 2.98. The van der Waals surface area contributed by atoms with E-state index in [1.54, 1.807) is 25.6 Å². The maximum atomic E-state index is 12.7. The van der Waals surface area contributed by atoms with E-state index in [0.717, 1.165) is 28.4 Å². The Morgan fingerprint density at radius 1 is 1.00 bits per heavy atom. The zero-order valence-corrected chi connectivity index (χ0v) is 18.1. The second-order valence-corrected chi connectivity index (χ2v) is 7.38. The monoisotopic (exact) mass is 427 g/mol. The van der Waals surface area contributed by atoms with Crippen molar-refractivity contribution in [2.45, 2.75) is 13.3 Å². The minimum Gasteiger partial charge on any atom is -0.495 e. The summed E-state index contributed by atoms with van der Waals surface area (Å²) in [6.07, 6.45) is 4.33. The number of benzene rings is 3. The van der Waals surface area contributed by atoms with E-state index in [0.29, 0.717) is 24.3 Å². The van der Waals surface area contributed by atoms with Crippen LogP contribution < -0.4 is 14.8 Å². The topological polar surface area (TPSA) is 65.4 Å². The molecule has 162 valence electrons. The zero-order chi connectivity index (χ0) is 22.3. The Balaban J connectivity index is 1.36. The van der Waals surface area contributed by atoms with Crippen molar-refractivity contribution in [2.75, 3.05) is 13.7 Å². The summed E-state index contributed by atoms with van der Waals surface area (Å²) in [6, 6.07) is 22.9. The number of nitrogens with zero attached hydrogens (tertiary/aromatic N) is 2. The number of hydrogen-bond donors (Lipinski definition) is 1. The molecule has 1 N–H and O–H groups in total. The molecule has 0 radical (unpaired) electrons. The van der Waals surface area contributed by atoms with E-state index in [9.17, 15) is 4.79 Å². The van der Waals surface area contributed by atoms with Crippen LogP contribution >= 0.6 is 0 Å². The van der Waals surface area contributed by atoms with Gasteiger partial charge in [-0.1, -0.05) is 30.3 Å². The van der Waals surface area contributed by atoms with Gasteiger partial charge in [0, 0.05) is 18.3 Å². The Morgan fingerprint density at radius 2 is 1.81 bits per heavy atom. The van der Waals surface area contributed by atoms with Gasteiger partial charge in [0.05, 0.1) is 24.8 Å². The molecule has 32 heavy (non-hydrogen) atoms. The number of imidazole rings is 1. The van der Waals surface area contributed by atoms with Crippen LogP contribution in [0, 0.1) is 6.92 Å². The second-order valence-electron chi connectivity index (χ2n) is 7.38. The molecule has 0 unspecified atom stereocenters. The number of amides is 1. The number of para-hydroxylation sites is 1. The molecular formula is C26H25N3O3. The van der Waals surface area contributed by atoms with E-state index in [4.69, 9.17) is 9.47 Å². The fourth-order valence-corrected chi connectivity index (χ4v) is 3.40. The quantitative estimate of drug-likeness (QED) is 0.432. The number of methoxy groups -OCH3 is 1. The predicted octanol–water partition coefficient (Wildman–Crippen LogP) is 4.95. The van der Waals surface area contributed by atoms with Gasteiger partial charge in [-0.15, -0.1) is 0 Å². The lowest BCUT2D eigenvalue weighted by Gasteiger charge is -2.12. The molecule has 0 bridgehead atoms. The van der Waals surface area contributed by atoms with Gasteiger partial charge in [0.15, 0.2) is 0 Å². The van der Waals surface area contributed by atoms with Crippen LogP contribution in [0.2, 0.25) is 0 Å². The van der Waals surface area contributed by atoms with Crippen molar-refractivity contribution in [2.24, 2.45) is 0 Å². The highest BCUT2D eigenvalue weighted by atomic mass is 16.5. The minimum atomic E-state index is -0.145. The van der Waals surface area contributed by atoms with Crippen LogP contribution in [0.3, 0.4) is 0 Å². The summed E-state index contributed by atoms with van der Waals surface area (Å²) in [5.74, 6) is 2.03. The highest BCUT2D eigenvalue weighted by Gasteiger charge is 2.12. The summed E-state index contributed by atoms with van der Waals surface area (Å²) in [6.45, 7) is 2.44. The number of carbonyl (C=O) groups excluding carboxylic acids is 1. The SMILES string of the molecule is COc1cc(C(=O)NCCc2cccc(Oc3ccccc3)c2)ccc1-n1cnc(C)c1. The van der Waals surface area contributed by atoms with Crippen LogP contribution in [0.5, 0.6) is 17.2 Å². The van der Waals surface area contributed by atoms with Crippen LogP contribution in [0.25, 0.3) is 5.69 Å². The van der Waals surface area contributed by atoms with Crippen LogP contribution in [0.1, 0.15) is 21.6 Å². The highest BCUT2D eigenvalue weighted by Crippen LogP contribution is 2.25. The molecule has 4 aromatic rings. The molecule has 0 aliphatic carbocycles. The van der Waals surface area contributed by atoms with Gasteiger partial charge in [0.25, 0.3) is 5.91 Å². The van der Waals surface area contributed by atoms with Gasteiger partial charge in [-0.3, -0.25) is 4.79 Å². The van der Waals surface area contributed by atoms with Gasteiger partial charge < -0.3 is 19.4 Å². The van der Waals surface area contributed by atoms with Crippen LogP contribution in [0.4, 0.5) is 0 Å². The lowest BCUT2D eigenvalue weighted by Crippen LogP contribution is -2.25. The molecule has 4 rings (SSSR count). The average Bonchev–Trinajstić information content (AvgIpc) is 3.25. The smallest absolute Gasteiger partial charge is 0.251 e. The molecule has 0 spiro atoms. The van der Waals surface area contributed by atoms with Gasteiger partial charge in [0.1, 0.15) is 17.2 Å². The second kappa shape index (κ2) is 9.83. The molecule has 0 saturated carbocycles. The first-order valence-electron chi connectivity index (χ1n) is 10.4. The summed E-state index contributed by atoms with van der Waals surface area (Å²) in [5.41, 5.74) is 3.37. The maximum Gasteiger partial charge on any atom is 0.251 e. The lowest BCUT2D eigenvalue weighted by molar-refractivity contribution is 0.0954. The van der Waals surface area contributed by atoms with E-state index >= 15 is 0 Å². The van der Waals surface area contributed by atoms with Crippen molar-refractivity contribution in [1.82, 2.24) is 14.9 Å². The molecule has 1 amide bonds. The van der Waals surface area contributed by atoms with Gasteiger partial charge >= 0.3 is 0 Å². The Hall–Kier alpha value is -4.06. The van der Waals surface area contributed by atoms with Crippen LogP contribution in [0.15, 0.2) is 85.3 Å². The number of aromatic nitrogens is 2. The number of nitrogens with one attached hydrogen (secondary N) is 1. The molecule has 6 nitrogen and oxygen atoms in total. The Kier molecular flexibility index (Phi) is 6.51. The van der Waals surface area contributed by atoms with Gasteiger partial charge in [-0.25, -0.2) is 4.98 Å². The van der Waals surface area contributed by atoms with Gasteiger partial charge in [-0.05, 0) is 61.4 Å². The molecule has 1 aromatic heterocycles. The first-order chi connectivity index (χ1) is 15.6. The van der Waals surface area contributed by atoms with Gasteiger partial charge in [0.2, 0.25) is 0 Å². The first-order valence-corrected chi connectivity index (χ1v) is 10.4. The fraction of sp³-hybridized carbons (Fsp3) is 0.154. The number of hydrogen-bond acceptors (Lipinski definition) is 4.